The molecule has 0 aliphatic carbocycles. The lowest BCUT2D eigenvalue weighted by Crippen LogP contribution is -2.13. The lowest BCUT2D eigenvalue weighted by molar-refractivity contribution is 0.102. The maximum absolute atomic E-state index is 12.5. The van der Waals surface area contributed by atoms with Gasteiger partial charge in [-0.1, -0.05) is 0 Å². The van der Waals surface area contributed by atoms with Crippen LogP contribution in [-0.4, -0.2) is 24.1 Å². The zero-order valence-corrected chi connectivity index (χ0v) is 14.1. The van der Waals surface area contributed by atoms with Gasteiger partial charge in [-0.2, -0.15) is 0 Å². The second kappa shape index (κ2) is 6.72. The molecule has 130 valence electrons. The molecule has 25 heavy (non-hydrogen) atoms. The normalized spacial score (nSPS) is 10.9. The van der Waals surface area contributed by atoms with E-state index in [1.54, 1.807) is 36.4 Å². The molecule has 0 saturated carbocycles. The average Bonchev–Trinajstić information content (AvgIpc) is 2.94. The van der Waals surface area contributed by atoms with Gasteiger partial charge in [-0.15, -0.1) is 0 Å². The van der Waals surface area contributed by atoms with Gasteiger partial charge in [0.2, 0.25) is 0 Å². The number of hydrogen-bond acceptors (Lipinski definition) is 5. The predicted octanol–water partition coefficient (Wildman–Crippen LogP) is 3.17. The van der Waals surface area contributed by atoms with Crippen LogP contribution >= 0.6 is 0 Å². The van der Waals surface area contributed by atoms with Gasteiger partial charge in [0, 0.05) is 11.3 Å². The van der Waals surface area contributed by atoms with Crippen molar-refractivity contribution in [2.24, 2.45) is 0 Å². The molecule has 0 unspecified atom stereocenters. The summed E-state index contributed by atoms with van der Waals surface area (Å²) in [5, 5.41) is 2.77. The van der Waals surface area contributed by atoms with Crippen LogP contribution < -0.4 is 20.5 Å². The third kappa shape index (κ3) is 3.65. The fourth-order valence-corrected chi connectivity index (χ4v) is 2.39. The molecule has 0 aliphatic rings. The lowest BCUT2D eigenvalue weighted by atomic mass is 10.1. The summed E-state index contributed by atoms with van der Waals surface area (Å²) < 4.78 is 15.9. The summed E-state index contributed by atoms with van der Waals surface area (Å²) in [5.74, 6) is 0.214. The van der Waals surface area contributed by atoms with E-state index in [1.165, 1.54) is 7.11 Å². The number of amides is 1. The minimum atomic E-state index is -0.538. The lowest BCUT2D eigenvalue weighted by Gasteiger charge is -2.14. The molecule has 3 aromatic rings. The molecular weight excluding hydrogens is 324 g/mol. The first kappa shape index (κ1) is 16.6. The Morgan fingerprint density at radius 2 is 1.96 bits per heavy atom. The number of carbonyl (C=O) groups excluding carboxylic acids is 1. The number of fused-ring (bicyclic) bond motifs is 1. The van der Waals surface area contributed by atoms with E-state index in [-0.39, 0.29) is 12.0 Å². The third-order valence-corrected chi connectivity index (χ3v) is 3.47. The highest BCUT2D eigenvalue weighted by molar-refractivity contribution is 6.05. The molecule has 0 aliphatic heterocycles. The molecule has 1 amide bonds. The Morgan fingerprint density at radius 1 is 1.16 bits per heavy atom. The minimum Gasteiger partial charge on any atom is -0.493 e. The second-order valence-electron chi connectivity index (χ2n) is 5.71. The molecular formula is C18H18N2O5. The van der Waals surface area contributed by atoms with Crippen LogP contribution in [0.4, 0.5) is 5.69 Å². The molecule has 7 heteroatoms. The van der Waals surface area contributed by atoms with Crippen LogP contribution in [0.3, 0.4) is 0 Å². The Balaban J connectivity index is 1.82. The smallest absolute Gasteiger partial charge is 0.417 e. The van der Waals surface area contributed by atoms with Crippen LogP contribution in [-0.2, 0) is 0 Å². The summed E-state index contributed by atoms with van der Waals surface area (Å²) in [7, 11) is 1.52. The summed E-state index contributed by atoms with van der Waals surface area (Å²) >= 11 is 0. The summed E-state index contributed by atoms with van der Waals surface area (Å²) in [5.41, 5.74) is 1.91. The number of aromatic amines is 1. The number of rotatable bonds is 5. The Labute approximate surface area is 143 Å². The van der Waals surface area contributed by atoms with Crippen molar-refractivity contribution < 1.29 is 18.7 Å². The zero-order valence-electron chi connectivity index (χ0n) is 14.1. The number of benzene rings is 2. The quantitative estimate of drug-likeness (QED) is 0.743. The molecule has 3 rings (SSSR count). The molecule has 0 spiro atoms. The average molecular weight is 342 g/mol. The molecule has 0 fully saturated rings. The Bertz CT molecular complexity index is 971. The van der Waals surface area contributed by atoms with Crippen LogP contribution in [0.2, 0.25) is 0 Å². The number of carbonyl (C=O) groups is 1. The first-order valence-electron chi connectivity index (χ1n) is 7.75. The topological polar surface area (TPSA) is 93.6 Å². The fourth-order valence-electron chi connectivity index (χ4n) is 2.39. The number of nitrogens with one attached hydrogen (secondary N) is 2. The van der Waals surface area contributed by atoms with Crippen LogP contribution in [0.1, 0.15) is 24.2 Å². The van der Waals surface area contributed by atoms with Crippen molar-refractivity contribution in [2.45, 2.75) is 20.0 Å². The number of oxazole rings is 1. The van der Waals surface area contributed by atoms with Crippen molar-refractivity contribution >= 4 is 22.7 Å². The maximum atomic E-state index is 12.5. The molecule has 0 radical (unpaired) electrons. The van der Waals surface area contributed by atoms with E-state index in [2.05, 4.69) is 10.3 Å². The fraction of sp³-hybridized carbons (Fsp3) is 0.222. The third-order valence-electron chi connectivity index (χ3n) is 3.47. The molecule has 7 nitrogen and oxygen atoms in total. The summed E-state index contributed by atoms with van der Waals surface area (Å²) in [4.78, 5) is 26.2. The van der Waals surface area contributed by atoms with Crippen LogP contribution in [0.25, 0.3) is 11.1 Å². The van der Waals surface area contributed by atoms with Crippen molar-refractivity contribution in [1.29, 1.82) is 0 Å². The monoisotopic (exact) mass is 342 g/mol. The molecule has 0 bridgehead atoms. The predicted molar refractivity (Wildman–Crippen MR) is 93.5 cm³/mol. The van der Waals surface area contributed by atoms with E-state index in [0.717, 1.165) is 0 Å². The first-order chi connectivity index (χ1) is 12.0. The Kier molecular flexibility index (Phi) is 4.47. The molecule has 2 N–H and O–H groups in total. The van der Waals surface area contributed by atoms with E-state index < -0.39 is 5.76 Å². The highest BCUT2D eigenvalue weighted by Crippen LogP contribution is 2.29. The van der Waals surface area contributed by atoms with Crippen molar-refractivity contribution in [2.75, 3.05) is 12.4 Å². The van der Waals surface area contributed by atoms with Crippen molar-refractivity contribution in [1.82, 2.24) is 4.98 Å². The van der Waals surface area contributed by atoms with E-state index in [9.17, 15) is 9.59 Å². The number of aromatic nitrogens is 1. The minimum absolute atomic E-state index is 0.00239. The van der Waals surface area contributed by atoms with Gasteiger partial charge in [0.05, 0.1) is 18.7 Å². The molecule has 2 aromatic carbocycles. The van der Waals surface area contributed by atoms with Gasteiger partial charge in [-0.25, -0.2) is 4.79 Å². The van der Waals surface area contributed by atoms with E-state index in [4.69, 9.17) is 13.9 Å². The number of ether oxygens (including phenoxy) is 2. The first-order valence-corrected chi connectivity index (χ1v) is 7.75. The van der Waals surface area contributed by atoms with Crippen LogP contribution in [0.15, 0.2) is 45.6 Å². The Hall–Kier alpha value is -3.22. The highest BCUT2D eigenvalue weighted by Gasteiger charge is 2.13. The van der Waals surface area contributed by atoms with Gasteiger partial charge in [-0.3, -0.25) is 9.78 Å². The Morgan fingerprint density at radius 3 is 2.68 bits per heavy atom. The van der Waals surface area contributed by atoms with Gasteiger partial charge in [0.25, 0.3) is 5.91 Å². The molecule has 1 aromatic heterocycles. The van der Waals surface area contributed by atoms with E-state index >= 15 is 0 Å². The maximum Gasteiger partial charge on any atom is 0.417 e. The second-order valence-corrected chi connectivity index (χ2v) is 5.71. The number of hydrogen-bond donors (Lipinski definition) is 2. The summed E-state index contributed by atoms with van der Waals surface area (Å²) in [6.45, 7) is 3.83. The molecule has 0 saturated heterocycles. The standard InChI is InChI=1S/C18H18N2O5/c1-10(2)24-15-6-4-11(8-16(15)23-3)17(21)19-12-5-7-14-13(9-12)20-18(22)25-14/h4-10H,1-3H3,(H,19,21)(H,20,22). The van der Waals surface area contributed by atoms with Gasteiger partial charge >= 0.3 is 5.76 Å². The van der Waals surface area contributed by atoms with E-state index in [1.807, 2.05) is 13.8 Å². The van der Waals surface area contributed by atoms with Crippen LogP contribution in [0, 0.1) is 0 Å². The van der Waals surface area contributed by atoms with E-state index in [0.29, 0.717) is 33.8 Å². The number of anilines is 1. The zero-order chi connectivity index (χ0) is 18.0. The molecule has 1 heterocycles. The molecule has 0 atom stereocenters. The van der Waals surface area contributed by atoms with Gasteiger partial charge < -0.3 is 19.2 Å². The van der Waals surface area contributed by atoms with Crippen molar-refractivity contribution in [3.8, 4) is 11.5 Å². The summed E-state index contributed by atoms with van der Waals surface area (Å²) in [6, 6.07) is 9.88. The van der Waals surface area contributed by atoms with Crippen molar-refractivity contribution in [3.63, 3.8) is 0 Å². The SMILES string of the molecule is COc1cc(C(=O)Nc2ccc3oc(=O)[nH]c3c2)ccc1OC(C)C. The number of methoxy groups -OCH3 is 1. The van der Waals surface area contributed by atoms with Gasteiger partial charge in [0.15, 0.2) is 17.1 Å². The van der Waals surface area contributed by atoms with Crippen LogP contribution in [0.5, 0.6) is 11.5 Å². The summed E-state index contributed by atoms with van der Waals surface area (Å²) in [6.07, 6.45) is -0.00239. The number of H-pyrrole nitrogens is 1. The van der Waals surface area contributed by atoms with Gasteiger partial charge in [0.1, 0.15) is 0 Å². The van der Waals surface area contributed by atoms with Gasteiger partial charge in [-0.05, 0) is 50.2 Å². The van der Waals surface area contributed by atoms with Crippen molar-refractivity contribution in [3.05, 3.63) is 52.5 Å². The largest absolute Gasteiger partial charge is 0.493 e. The highest BCUT2D eigenvalue weighted by atomic mass is 16.5.